The molecule has 0 spiro atoms. The number of urea groups is 1. The molecule has 0 aromatic carbocycles. The fraction of sp³-hybridized carbons (Fsp3) is 0.538. The minimum Gasteiger partial charge on any atom is -0.475 e. The second kappa shape index (κ2) is 5.94. The summed E-state index contributed by atoms with van der Waals surface area (Å²) in [6.45, 7) is 8.39. The summed E-state index contributed by atoms with van der Waals surface area (Å²) in [5, 5.41) is 13.7. The first kappa shape index (κ1) is 15.0. The predicted octanol–water partition coefficient (Wildman–Crippen LogP) is 1.12. The number of hydrogen-bond acceptors (Lipinski definition) is 5. The van der Waals surface area contributed by atoms with Crippen molar-refractivity contribution in [1.29, 1.82) is 0 Å². The molecule has 2 aromatic heterocycles. The van der Waals surface area contributed by atoms with E-state index in [2.05, 4.69) is 25.8 Å². The molecule has 0 bridgehead atoms. The summed E-state index contributed by atoms with van der Waals surface area (Å²) in [6, 6.07) is -0.252. The monoisotopic (exact) mass is 292 g/mol. The van der Waals surface area contributed by atoms with Gasteiger partial charge in [-0.05, 0) is 27.7 Å². The molecule has 0 fully saturated rings. The van der Waals surface area contributed by atoms with Crippen LogP contribution in [0.4, 0.5) is 4.79 Å². The van der Waals surface area contributed by atoms with Gasteiger partial charge in [-0.15, -0.1) is 10.2 Å². The Kier molecular flexibility index (Phi) is 4.25. The van der Waals surface area contributed by atoms with Gasteiger partial charge in [0.05, 0.1) is 13.2 Å². The second-order valence-corrected chi connectivity index (χ2v) is 5.53. The number of rotatable bonds is 4. The lowest BCUT2D eigenvalue weighted by Gasteiger charge is -2.20. The lowest BCUT2D eigenvalue weighted by atomic mass is 10.1. The first-order valence-corrected chi connectivity index (χ1v) is 6.78. The first-order valence-electron chi connectivity index (χ1n) is 6.78. The lowest BCUT2D eigenvalue weighted by Crippen LogP contribution is -2.46. The van der Waals surface area contributed by atoms with Gasteiger partial charge in [0, 0.05) is 17.9 Å². The second-order valence-electron chi connectivity index (χ2n) is 5.53. The highest BCUT2D eigenvalue weighted by Crippen LogP contribution is 2.14. The summed E-state index contributed by atoms with van der Waals surface area (Å²) < 4.78 is 7.14. The summed E-state index contributed by atoms with van der Waals surface area (Å²) in [7, 11) is 0. The molecular formula is C13H20N6O2. The highest BCUT2D eigenvalue weighted by atomic mass is 16.5. The molecule has 2 amide bonds. The van der Waals surface area contributed by atoms with Crippen LogP contribution in [-0.4, -0.2) is 37.8 Å². The van der Waals surface area contributed by atoms with Gasteiger partial charge in [0.15, 0.2) is 5.82 Å². The number of amides is 2. The van der Waals surface area contributed by atoms with Gasteiger partial charge in [-0.25, -0.2) is 9.78 Å². The van der Waals surface area contributed by atoms with Crippen molar-refractivity contribution in [3.63, 3.8) is 0 Å². The van der Waals surface area contributed by atoms with E-state index in [1.807, 2.05) is 27.7 Å². The molecule has 2 aromatic rings. The number of ether oxygens (including phenoxy) is 1. The molecule has 0 unspecified atom stereocenters. The number of fused-ring (bicyclic) bond motifs is 1. The summed E-state index contributed by atoms with van der Waals surface area (Å²) in [5.41, 5.74) is 0.246. The summed E-state index contributed by atoms with van der Waals surface area (Å²) in [6.07, 6.45) is 3.34. The van der Waals surface area contributed by atoms with E-state index in [9.17, 15) is 4.79 Å². The highest BCUT2D eigenvalue weighted by molar-refractivity contribution is 5.74. The molecular weight excluding hydrogens is 272 g/mol. The van der Waals surface area contributed by atoms with Crippen molar-refractivity contribution in [3.05, 3.63) is 18.2 Å². The summed E-state index contributed by atoms with van der Waals surface area (Å²) in [5.74, 6) is 1.04. The average molecular weight is 292 g/mol. The van der Waals surface area contributed by atoms with Crippen LogP contribution in [0.5, 0.6) is 5.88 Å². The van der Waals surface area contributed by atoms with E-state index >= 15 is 0 Å². The molecule has 0 atom stereocenters. The molecule has 8 heteroatoms. The minimum atomic E-state index is -0.289. The predicted molar refractivity (Wildman–Crippen MR) is 77.1 cm³/mol. The molecule has 21 heavy (non-hydrogen) atoms. The number of hydrogen-bond donors (Lipinski definition) is 2. The molecule has 2 heterocycles. The van der Waals surface area contributed by atoms with Crippen LogP contribution in [0, 0.1) is 0 Å². The van der Waals surface area contributed by atoms with Crippen molar-refractivity contribution < 1.29 is 9.53 Å². The van der Waals surface area contributed by atoms with Gasteiger partial charge in [0.1, 0.15) is 0 Å². The first-order chi connectivity index (χ1) is 9.90. The van der Waals surface area contributed by atoms with Gasteiger partial charge < -0.3 is 15.4 Å². The van der Waals surface area contributed by atoms with E-state index < -0.39 is 0 Å². The lowest BCUT2D eigenvalue weighted by molar-refractivity contribution is 0.231. The Morgan fingerprint density at radius 2 is 2.14 bits per heavy atom. The molecule has 0 aliphatic carbocycles. The maximum absolute atomic E-state index is 11.7. The average Bonchev–Trinajstić information content (AvgIpc) is 2.79. The van der Waals surface area contributed by atoms with E-state index in [0.717, 1.165) is 0 Å². The Balaban J connectivity index is 2.10. The van der Waals surface area contributed by atoms with Gasteiger partial charge in [0.2, 0.25) is 5.65 Å². The molecule has 0 saturated carbocycles. The zero-order valence-corrected chi connectivity index (χ0v) is 12.7. The van der Waals surface area contributed by atoms with Gasteiger partial charge in [-0.2, -0.15) is 0 Å². The van der Waals surface area contributed by atoms with Crippen LogP contribution in [0.2, 0.25) is 0 Å². The van der Waals surface area contributed by atoms with Crippen LogP contribution in [0.1, 0.15) is 33.5 Å². The normalized spacial score (nSPS) is 11.4. The van der Waals surface area contributed by atoms with E-state index in [4.69, 9.17) is 4.74 Å². The zero-order valence-electron chi connectivity index (χ0n) is 12.7. The molecule has 0 aliphatic heterocycles. The molecule has 8 nitrogen and oxygen atoms in total. The largest absolute Gasteiger partial charge is 0.475 e. The van der Waals surface area contributed by atoms with Crippen molar-refractivity contribution in [2.45, 2.75) is 39.8 Å². The van der Waals surface area contributed by atoms with Crippen LogP contribution >= 0.6 is 0 Å². The van der Waals surface area contributed by atoms with Crippen molar-refractivity contribution in [1.82, 2.24) is 30.2 Å². The highest BCUT2D eigenvalue weighted by Gasteiger charge is 2.15. The van der Waals surface area contributed by atoms with Gasteiger partial charge >= 0.3 is 6.03 Å². The van der Waals surface area contributed by atoms with E-state index in [1.165, 1.54) is 0 Å². The molecule has 2 rings (SSSR count). The van der Waals surface area contributed by atoms with Crippen LogP contribution in [0.3, 0.4) is 0 Å². The Hall–Kier alpha value is -2.38. The third kappa shape index (κ3) is 3.80. The van der Waals surface area contributed by atoms with Crippen molar-refractivity contribution in [3.8, 4) is 5.88 Å². The SMILES string of the molecule is CCOc1nccn2c(CNC(=O)NC(C)(C)C)nnc12. The maximum atomic E-state index is 11.7. The van der Waals surface area contributed by atoms with E-state index in [1.54, 1.807) is 16.8 Å². The summed E-state index contributed by atoms with van der Waals surface area (Å²) >= 11 is 0. The smallest absolute Gasteiger partial charge is 0.315 e. The fourth-order valence-electron chi connectivity index (χ4n) is 1.75. The number of carbonyl (C=O) groups excluding carboxylic acids is 1. The Morgan fingerprint density at radius 3 is 2.81 bits per heavy atom. The third-order valence-corrected chi connectivity index (χ3v) is 2.54. The van der Waals surface area contributed by atoms with Gasteiger partial charge in [0.25, 0.3) is 5.88 Å². The fourth-order valence-corrected chi connectivity index (χ4v) is 1.75. The maximum Gasteiger partial charge on any atom is 0.315 e. The Morgan fingerprint density at radius 1 is 1.38 bits per heavy atom. The topological polar surface area (TPSA) is 93.4 Å². The quantitative estimate of drug-likeness (QED) is 0.880. The zero-order chi connectivity index (χ0) is 15.5. The van der Waals surface area contributed by atoms with Gasteiger partial charge in [-0.3, -0.25) is 4.40 Å². The van der Waals surface area contributed by atoms with Crippen molar-refractivity contribution in [2.24, 2.45) is 0 Å². The van der Waals surface area contributed by atoms with E-state index in [-0.39, 0.29) is 18.1 Å². The molecule has 0 aliphatic rings. The van der Waals surface area contributed by atoms with Crippen LogP contribution in [-0.2, 0) is 6.54 Å². The summed E-state index contributed by atoms with van der Waals surface area (Å²) in [4.78, 5) is 15.9. The Labute approximate surface area is 122 Å². The number of carbonyl (C=O) groups is 1. The number of aromatic nitrogens is 4. The standard InChI is InChI=1S/C13H20N6O2/c1-5-21-11-10-18-17-9(19(10)7-6-14-11)8-15-12(20)16-13(2,3)4/h6-7H,5,8H2,1-4H3,(H2,15,16,20). The Bertz CT molecular complexity index is 631. The minimum absolute atomic E-state index is 0.252. The van der Waals surface area contributed by atoms with Crippen LogP contribution in [0.15, 0.2) is 12.4 Å². The molecule has 114 valence electrons. The van der Waals surface area contributed by atoms with Crippen molar-refractivity contribution in [2.75, 3.05) is 6.61 Å². The van der Waals surface area contributed by atoms with Gasteiger partial charge in [-0.1, -0.05) is 0 Å². The number of nitrogens with one attached hydrogen (secondary N) is 2. The van der Waals surface area contributed by atoms with Crippen LogP contribution < -0.4 is 15.4 Å². The van der Waals surface area contributed by atoms with Crippen molar-refractivity contribution >= 4 is 11.7 Å². The third-order valence-electron chi connectivity index (χ3n) is 2.54. The van der Waals surface area contributed by atoms with E-state index in [0.29, 0.717) is 24.0 Å². The molecule has 0 saturated heterocycles. The molecule has 0 radical (unpaired) electrons. The van der Waals surface area contributed by atoms with Crippen LogP contribution in [0.25, 0.3) is 5.65 Å². The number of nitrogens with zero attached hydrogens (tertiary/aromatic N) is 4. The molecule has 2 N–H and O–H groups in total.